The van der Waals surface area contributed by atoms with Gasteiger partial charge in [0.05, 0.1) is 22.7 Å². The number of para-hydroxylation sites is 1. The Bertz CT molecular complexity index is 1430. The first-order chi connectivity index (χ1) is 17.5. The summed E-state index contributed by atoms with van der Waals surface area (Å²) in [6, 6.07) is 27.9. The molecule has 0 saturated heterocycles. The molecule has 4 rings (SSSR count). The molecule has 0 atom stereocenters. The van der Waals surface area contributed by atoms with Crippen molar-refractivity contribution in [2.75, 3.05) is 11.5 Å². The minimum atomic E-state index is -3.75. The fourth-order valence-electron chi connectivity index (χ4n) is 4.05. The van der Waals surface area contributed by atoms with Gasteiger partial charge in [-0.1, -0.05) is 79.7 Å². The lowest BCUT2D eigenvalue weighted by molar-refractivity contribution is -0.126. The molecule has 0 spiro atoms. The Hall–Kier alpha value is -3.29. The van der Waals surface area contributed by atoms with Crippen molar-refractivity contribution in [3.8, 4) is 0 Å². The van der Waals surface area contributed by atoms with Crippen LogP contribution in [0.1, 0.15) is 24.6 Å². The van der Waals surface area contributed by atoms with Crippen LogP contribution < -0.4 is 0 Å². The molecule has 1 heterocycles. The van der Waals surface area contributed by atoms with Gasteiger partial charge in [-0.3, -0.25) is 4.79 Å². The number of rotatable bonds is 11. The maximum Gasteiger partial charge on any atom is 0.268 e. The first-order valence-corrected chi connectivity index (χ1v) is 14.6. The summed E-state index contributed by atoms with van der Waals surface area (Å²) >= 11 is 1.60. The van der Waals surface area contributed by atoms with E-state index in [0.29, 0.717) is 36.3 Å². The molecule has 0 saturated carbocycles. The van der Waals surface area contributed by atoms with Crippen molar-refractivity contribution < 1.29 is 13.2 Å². The molecule has 0 unspecified atom stereocenters. The first kappa shape index (κ1) is 25.8. The van der Waals surface area contributed by atoms with Crippen molar-refractivity contribution in [3.05, 3.63) is 115 Å². The molecule has 0 aliphatic heterocycles. The van der Waals surface area contributed by atoms with Crippen LogP contribution in [-0.2, 0) is 27.8 Å². The summed E-state index contributed by atoms with van der Waals surface area (Å²) < 4.78 is 28.6. The van der Waals surface area contributed by atoms with Gasteiger partial charge in [0, 0.05) is 17.3 Å². The summed E-state index contributed by atoms with van der Waals surface area (Å²) in [6.45, 7) is 2.54. The number of amides is 1. The number of aryl methyl sites for hydroxylation is 1. The lowest BCUT2D eigenvalue weighted by Gasteiger charge is -2.18. The normalized spacial score (nSPS) is 11.8. The van der Waals surface area contributed by atoms with E-state index in [0.717, 1.165) is 16.7 Å². The predicted octanol–water partition coefficient (Wildman–Crippen LogP) is 6.11. The van der Waals surface area contributed by atoms with Crippen LogP contribution in [0, 0.1) is 0 Å². The van der Waals surface area contributed by atoms with Crippen molar-refractivity contribution in [1.82, 2.24) is 8.87 Å². The molecule has 36 heavy (non-hydrogen) atoms. The zero-order valence-electron chi connectivity index (χ0n) is 20.3. The van der Waals surface area contributed by atoms with Gasteiger partial charge < -0.3 is 4.90 Å². The SMILES string of the molecule is CCSCC(=O)N(/C=C\CCc1cc2ccccc2n1S(=O)(=O)c1ccccc1)Cc1ccccc1. The van der Waals surface area contributed by atoms with Gasteiger partial charge in [0.2, 0.25) is 5.91 Å². The maximum absolute atomic E-state index is 13.6. The number of hydrogen-bond acceptors (Lipinski definition) is 4. The largest absolute Gasteiger partial charge is 0.314 e. The Labute approximate surface area is 217 Å². The van der Waals surface area contributed by atoms with E-state index in [1.807, 2.05) is 79.9 Å². The summed E-state index contributed by atoms with van der Waals surface area (Å²) in [5.41, 5.74) is 2.44. The smallest absolute Gasteiger partial charge is 0.268 e. The molecule has 4 aromatic rings. The Morgan fingerprint density at radius 1 is 0.944 bits per heavy atom. The predicted molar refractivity (Wildman–Crippen MR) is 148 cm³/mol. The van der Waals surface area contributed by atoms with Crippen LogP contribution in [0.4, 0.5) is 0 Å². The van der Waals surface area contributed by atoms with Crippen molar-refractivity contribution in [3.63, 3.8) is 0 Å². The van der Waals surface area contributed by atoms with Gasteiger partial charge in [0.15, 0.2) is 0 Å². The van der Waals surface area contributed by atoms with E-state index >= 15 is 0 Å². The highest BCUT2D eigenvalue weighted by Gasteiger charge is 2.22. The number of carbonyl (C=O) groups excluding carboxylic acids is 1. The van der Waals surface area contributed by atoms with Crippen molar-refractivity contribution in [2.24, 2.45) is 0 Å². The molecule has 5 nitrogen and oxygen atoms in total. The first-order valence-electron chi connectivity index (χ1n) is 12.0. The summed E-state index contributed by atoms with van der Waals surface area (Å²) in [4.78, 5) is 14.8. The summed E-state index contributed by atoms with van der Waals surface area (Å²) in [7, 11) is -3.75. The molecule has 0 aliphatic rings. The molecule has 1 amide bonds. The monoisotopic (exact) mass is 518 g/mol. The fourth-order valence-corrected chi connectivity index (χ4v) is 6.19. The van der Waals surface area contributed by atoms with Crippen LogP contribution in [0.2, 0.25) is 0 Å². The molecule has 3 aromatic carbocycles. The van der Waals surface area contributed by atoms with Crippen LogP contribution >= 0.6 is 11.8 Å². The molecule has 7 heteroatoms. The Balaban J connectivity index is 1.57. The van der Waals surface area contributed by atoms with Gasteiger partial charge in [-0.05, 0) is 48.4 Å². The molecule has 1 aromatic heterocycles. The second-order valence-electron chi connectivity index (χ2n) is 8.34. The third-order valence-corrected chi connectivity index (χ3v) is 8.46. The topological polar surface area (TPSA) is 59.4 Å². The summed E-state index contributed by atoms with van der Waals surface area (Å²) in [5, 5.41) is 0.883. The average Bonchev–Trinajstić information content (AvgIpc) is 3.29. The van der Waals surface area contributed by atoms with Crippen molar-refractivity contribution in [1.29, 1.82) is 0 Å². The fraction of sp³-hybridized carbons (Fsp3) is 0.207. The van der Waals surface area contributed by atoms with Crippen LogP contribution in [0.15, 0.2) is 108 Å². The third kappa shape index (κ3) is 6.09. The Morgan fingerprint density at radius 3 is 2.33 bits per heavy atom. The van der Waals surface area contributed by atoms with Gasteiger partial charge in [-0.2, -0.15) is 11.8 Å². The minimum Gasteiger partial charge on any atom is -0.314 e. The highest BCUT2D eigenvalue weighted by Crippen LogP contribution is 2.26. The Morgan fingerprint density at radius 2 is 1.61 bits per heavy atom. The molecular weight excluding hydrogens is 488 g/mol. The number of aromatic nitrogens is 1. The maximum atomic E-state index is 13.6. The van der Waals surface area contributed by atoms with Crippen molar-refractivity contribution in [2.45, 2.75) is 31.2 Å². The second kappa shape index (κ2) is 12.1. The van der Waals surface area contributed by atoms with E-state index in [1.54, 1.807) is 47.0 Å². The highest BCUT2D eigenvalue weighted by molar-refractivity contribution is 7.99. The minimum absolute atomic E-state index is 0.0581. The van der Waals surface area contributed by atoms with Gasteiger partial charge in [0.1, 0.15) is 0 Å². The summed E-state index contributed by atoms with van der Waals surface area (Å²) in [5.74, 6) is 1.37. The number of fused-ring (bicyclic) bond motifs is 1. The highest BCUT2D eigenvalue weighted by atomic mass is 32.2. The average molecular weight is 519 g/mol. The number of benzene rings is 3. The van der Waals surface area contributed by atoms with E-state index in [9.17, 15) is 13.2 Å². The zero-order valence-corrected chi connectivity index (χ0v) is 21.9. The van der Waals surface area contributed by atoms with Gasteiger partial charge >= 0.3 is 0 Å². The quantitative estimate of drug-likeness (QED) is 0.240. The molecule has 186 valence electrons. The molecular formula is C29H30N2O3S2. The van der Waals surface area contributed by atoms with E-state index in [-0.39, 0.29) is 10.8 Å². The van der Waals surface area contributed by atoms with Crippen LogP contribution in [-0.4, -0.2) is 34.7 Å². The molecule has 0 N–H and O–H groups in total. The number of allylic oxidation sites excluding steroid dienone is 1. The number of carbonyl (C=O) groups is 1. The lowest BCUT2D eigenvalue weighted by atomic mass is 10.2. The number of hydrogen-bond donors (Lipinski definition) is 0. The summed E-state index contributed by atoms with van der Waals surface area (Å²) in [6.07, 6.45) is 4.91. The van der Waals surface area contributed by atoms with Gasteiger partial charge in [0.25, 0.3) is 10.0 Å². The molecule has 0 aliphatic carbocycles. The molecule has 0 fully saturated rings. The van der Waals surface area contributed by atoms with Gasteiger partial charge in [-0.15, -0.1) is 0 Å². The van der Waals surface area contributed by atoms with Crippen LogP contribution in [0.5, 0.6) is 0 Å². The molecule has 0 radical (unpaired) electrons. The standard InChI is InChI=1S/C29H30N2O3S2/c1-2-35-23-29(32)30(22-24-13-5-3-6-14-24)20-12-11-16-26-21-25-15-9-10-19-28(25)31(26)36(33,34)27-17-7-4-8-18-27/h3-10,12-15,17-21H,2,11,16,22-23H2,1H3/b20-12-. The van der Waals surface area contributed by atoms with E-state index in [4.69, 9.17) is 0 Å². The molecule has 0 bridgehead atoms. The van der Waals surface area contributed by atoms with Crippen molar-refractivity contribution >= 4 is 38.6 Å². The number of thioether (sulfide) groups is 1. The van der Waals surface area contributed by atoms with E-state index in [1.165, 1.54) is 3.97 Å². The number of nitrogens with zero attached hydrogens (tertiary/aromatic N) is 2. The zero-order chi connectivity index (χ0) is 25.4. The van der Waals surface area contributed by atoms with E-state index in [2.05, 4.69) is 0 Å². The lowest BCUT2D eigenvalue weighted by Crippen LogP contribution is -2.27. The Kier molecular flexibility index (Phi) is 8.67. The van der Waals surface area contributed by atoms with Gasteiger partial charge in [-0.25, -0.2) is 12.4 Å². The second-order valence-corrected chi connectivity index (χ2v) is 11.4. The van der Waals surface area contributed by atoms with Crippen LogP contribution in [0.3, 0.4) is 0 Å². The van der Waals surface area contributed by atoms with E-state index < -0.39 is 10.0 Å². The third-order valence-electron chi connectivity index (χ3n) is 5.82. The van der Waals surface area contributed by atoms with Crippen LogP contribution in [0.25, 0.3) is 10.9 Å².